The molecule has 1 aliphatic rings. The minimum Gasteiger partial charge on any atom is -0.477 e. The highest BCUT2D eigenvalue weighted by atomic mass is 35.5. The van der Waals surface area contributed by atoms with Crippen LogP contribution in [0.5, 0.6) is 0 Å². The highest BCUT2D eigenvalue weighted by molar-refractivity contribution is 6.31. The lowest BCUT2D eigenvalue weighted by Crippen LogP contribution is -2.25. The van der Waals surface area contributed by atoms with E-state index in [1.165, 1.54) is 0 Å². The fraction of sp³-hybridized carbons (Fsp3) is 0.333. The first-order valence-corrected chi connectivity index (χ1v) is 7.55. The van der Waals surface area contributed by atoms with Crippen LogP contribution in [0.2, 0.25) is 5.02 Å². The fourth-order valence-electron chi connectivity index (χ4n) is 2.19. The Labute approximate surface area is 141 Å². The average Bonchev–Trinajstić information content (AvgIpc) is 3.32. The number of rotatable bonds is 7. The van der Waals surface area contributed by atoms with Gasteiger partial charge in [0.1, 0.15) is 17.0 Å². The van der Waals surface area contributed by atoms with Crippen molar-refractivity contribution in [1.82, 2.24) is 5.32 Å². The molecule has 0 spiro atoms. The van der Waals surface area contributed by atoms with E-state index >= 15 is 0 Å². The number of halogens is 2. The zero-order valence-electron chi connectivity index (χ0n) is 12.6. The van der Waals surface area contributed by atoms with Crippen LogP contribution in [0.15, 0.2) is 23.4 Å². The molecule has 0 aromatic heterocycles. The Hall–Kier alpha value is -2.48. The Balaban J connectivity index is 2.58. The van der Waals surface area contributed by atoms with Gasteiger partial charge in [0.15, 0.2) is 0 Å². The molecule has 0 unspecified atom stereocenters. The molecule has 0 atom stereocenters. The van der Waals surface area contributed by atoms with E-state index in [1.54, 1.807) is 6.92 Å². The Morgan fingerprint density at radius 3 is 2.54 bits per heavy atom. The third kappa shape index (κ3) is 3.70. The van der Waals surface area contributed by atoms with Crippen molar-refractivity contribution in [2.75, 3.05) is 0 Å². The molecule has 0 saturated heterocycles. The lowest BCUT2D eigenvalue weighted by molar-refractivity contribution is -0.385. The van der Waals surface area contributed by atoms with Gasteiger partial charge in [-0.15, -0.1) is 0 Å². The molecule has 1 aromatic carbocycles. The summed E-state index contributed by atoms with van der Waals surface area (Å²) in [6.45, 7) is 1.65. The van der Waals surface area contributed by atoms with E-state index in [4.69, 9.17) is 11.6 Å². The topological polar surface area (TPSA) is 110 Å². The third-order valence-electron chi connectivity index (χ3n) is 3.53. The van der Waals surface area contributed by atoms with Crippen LogP contribution < -0.4 is 5.32 Å². The van der Waals surface area contributed by atoms with Gasteiger partial charge in [-0.2, -0.15) is 0 Å². The monoisotopic (exact) mass is 356 g/mol. The summed E-state index contributed by atoms with van der Waals surface area (Å²) in [5, 5.41) is 22.9. The van der Waals surface area contributed by atoms with E-state index in [1.807, 2.05) is 0 Å². The quantitative estimate of drug-likeness (QED) is 0.194. The van der Waals surface area contributed by atoms with Gasteiger partial charge >= 0.3 is 5.97 Å². The molecule has 0 bridgehead atoms. The van der Waals surface area contributed by atoms with Crippen LogP contribution in [0.25, 0.3) is 0 Å². The van der Waals surface area contributed by atoms with Gasteiger partial charge in [0.05, 0.1) is 9.95 Å². The van der Waals surface area contributed by atoms with E-state index in [-0.39, 0.29) is 18.2 Å². The molecule has 0 heterocycles. The number of benzene rings is 1. The summed E-state index contributed by atoms with van der Waals surface area (Å²) < 4.78 is 13.7. The van der Waals surface area contributed by atoms with Crippen molar-refractivity contribution >= 4 is 29.0 Å². The van der Waals surface area contributed by atoms with Crippen molar-refractivity contribution < 1.29 is 24.0 Å². The molecule has 1 saturated carbocycles. The highest BCUT2D eigenvalue weighted by Gasteiger charge is 2.32. The molecule has 128 valence electrons. The molecule has 1 aliphatic carbocycles. The van der Waals surface area contributed by atoms with Crippen molar-refractivity contribution in [3.05, 3.63) is 49.9 Å². The minimum atomic E-state index is -1.53. The zero-order chi connectivity index (χ0) is 18.0. The van der Waals surface area contributed by atoms with E-state index < -0.39 is 44.3 Å². The second kappa shape index (κ2) is 6.96. The number of nitrogens with one attached hydrogen (secondary N) is 1. The summed E-state index contributed by atoms with van der Waals surface area (Å²) in [6, 6.07) is 1.37. The second-order valence-electron chi connectivity index (χ2n) is 5.30. The summed E-state index contributed by atoms with van der Waals surface area (Å²) in [5.74, 6) is -3.70. The van der Waals surface area contributed by atoms with Gasteiger partial charge in [-0.3, -0.25) is 14.9 Å². The number of hydrogen-bond acceptors (Lipinski definition) is 5. The average molecular weight is 357 g/mol. The molecule has 0 amide bonds. The van der Waals surface area contributed by atoms with Gasteiger partial charge in [0.2, 0.25) is 5.78 Å². The van der Waals surface area contributed by atoms with Gasteiger partial charge in [-0.25, -0.2) is 9.18 Å². The molecule has 1 aromatic rings. The Bertz CT molecular complexity index is 758. The number of carboxylic acids is 1. The normalized spacial score (nSPS) is 14.8. The number of nitro groups is 1. The first-order valence-electron chi connectivity index (χ1n) is 7.17. The number of allylic oxidation sites excluding steroid dienone is 1. The van der Waals surface area contributed by atoms with Crippen molar-refractivity contribution in [2.24, 2.45) is 0 Å². The minimum absolute atomic E-state index is 0.0824. The van der Waals surface area contributed by atoms with Crippen molar-refractivity contribution in [3.63, 3.8) is 0 Å². The number of aliphatic carboxylic acids is 1. The number of hydrogen-bond donors (Lipinski definition) is 2. The maximum absolute atomic E-state index is 13.7. The summed E-state index contributed by atoms with van der Waals surface area (Å²) in [6.07, 6.45) is 1.91. The second-order valence-corrected chi connectivity index (χ2v) is 5.71. The number of ketones is 1. The van der Waals surface area contributed by atoms with Gasteiger partial charge < -0.3 is 10.4 Å². The number of carbonyl (C=O) groups is 2. The number of nitrogens with zero attached hydrogens (tertiary/aromatic N) is 1. The van der Waals surface area contributed by atoms with Crippen LogP contribution in [0, 0.1) is 15.9 Å². The molecule has 7 nitrogen and oxygen atoms in total. The lowest BCUT2D eigenvalue weighted by Gasteiger charge is -2.12. The molecule has 1 fully saturated rings. The van der Waals surface area contributed by atoms with E-state index in [9.17, 15) is 29.2 Å². The first kappa shape index (κ1) is 17.9. The Morgan fingerprint density at radius 2 is 2.08 bits per heavy atom. The van der Waals surface area contributed by atoms with Crippen LogP contribution in [0.4, 0.5) is 10.1 Å². The summed E-state index contributed by atoms with van der Waals surface area (Å²) in [7, 11) is 0. The number of nitro benzene ring substituents is 1. The van der Waals surface area contributed by atoms with E-state index in [2.05, 4.69) is 5.32 Å². The Kier molecular flexibility index (Phi) is 5.18. The molecule has 24 heavy (non-hydrogen) atoms. The van der Waals surface area contributed by atoms with Crippen LogP contribution in [-0.2, 0) is 4.79 Å². The third-order valence-corrected chi connectivity index (χ3v) is 3.82. The first-order chi connectivity index (χ1) is 11.3. The summed E-state index contributed by atoms with van der Waals surface area (Å²) in [4.78, 5) is 34.3. The molecular formula is C15H14ClFN2O5. The largest absolute Gasteiger partial charge is 0.477 e. The number of carbonyl (C=O) groups excluding carboxylic acids is 1. The molecule has 2 rings (SSSR count). The predicted molar refractivity (Wildman–Crippen MR) is 83.5 cm³/mol. The maximum atomic E-state index is 13.7. The lowest BCUT2D eigenvalue weighted by atomic mass is 9.98. The van der Waals surface area contributed by atoms with Crippen molar-refractivity contribution in [1.29, 1.82) is 0 Å². The highest BCUT2D eigenvalue weighted by Crippen LogP contribution is 2.30. The zero-order valence-corrected chi connectivity index (χ0v) is 13.4. The molecular weight excluding hydrogens is 343 g/mol. The standard InChI is InChI=1S/C15H14ClFN2O5/c1-2-11(18-7-3-4-7)13(15(21)22)14(20)8-5-10(17)9(16)6-12(8)19(23)24/h5-7,18H,2-4H2,1H3,(H,21,22). The van der Waals surface area contributed by atoms with Crippen molar-refractivity contribution in [3.8, 4) is 0 Å². The van der Waals surface area contributed by atoms with Gasteiger partial charge in [0.25, 0.3) is 5.69 Å². The van der Waals surface area contributed by atoms with Gasteiger partial charge in [-0.1, -0.05) is 18.5 Å². The fourth-order valence-corrected chi connectivity index (χ4v) is 2.35. The maximum Gasteiger partial charge on any atom is 0.341 e. The summed E-state index contributed by atoms with van der Waals surface area (Å²) >= 11 is 5.51. The molecule has 2 N–H and O–H groups in total. The molecule has 0 radical (unpaired) electrons. The van der Waals surface area contributed by atoms with Crippen LogP contribution >= 0.6 is 11.6 Å². The molecule has 9 heteroatoms. The van der Waals surface area contributed by atoms with Crippen LogP contribution in [-0.4, -0.2) is 27.8 Å². The number of carboxylic acid groups (broad SMARTS) is 1. The SMILES string of the molecule is CCC(NC1CC1)=C(C(=O)O)C(=O)c1cc(F)c(Cl)cc1[N+](=O)[O-]. The van der Waals surface area contributed by atoms with Crippen LogP contribution in [0.3, 0.4) is 0 Å². The smallest absolute Gasteiger partial charge is 0.341 e. The van der Waals surface area contributed by atoms with E-state index in [0.717, 1.165) is 12.8 Å². The van der Waals surface area contributed by atoms with Gasteiger partial charge in [0, 0.05) is 17.8 Å². The van der Waals surface area contributed by atoms with Crippen LogP contribution in [0.1, 0.15) is 36.5 Å². The van der Waals surface area contributed by atoms with Crippen molar-refractivity contribution in [2.45, 2.75) is 32.2 Å². The van der Waals surface area contributed by atoms with Gasteiger partial charge in [-0.05, 0) is 25.3 Å². The van der Waals surface area contributed by atoms with E-state index in [0.29, 0.717) is 12.1 Å². The summed E-state index contributed by atoms with van der Waals surface area (Å²) in [5.41, 5.74) is -1.86. The predicted octanol–water partition coefficient (Wildman–Crippen LogP) is 3.07. The Morgan fingerprint density at radius 1 is 1.46 bits per heavy atom. The molecule has 0 aliphatic heterocycles. The number of Topliss-reactive ketones (excluding diaryl/α,β-unsaturated/α-hetero) is 1.